The molecule has 3 N–H and O–H groups in total. The Hall–Kier alpha value is -3.39. The van der Waals surface area contributed by atoms with Gasteiger partial charge in [-0.25, -0.2) is 4.79 Å². The summed E-state index contributed by atoms with van der Waals surface area (Å²) in [5.74, 6) is -1.40. The number of ether oxygens (including phenoxy) is 2. The highest BCUT2D eigenvalue weighted by molar-refractivity contribution is 5.87. The van der Waals surface area contributed by atoms with Gasteiger partial charge in [-0.05, 0) is 53.9 Å². The van der Waals surface area contributed by atoms with Crippen LogP contribution in [0.5, 0.6) is 0 Å². The molecule has 2 aromatic carbocycles. The molecule has 0 radical (unpaired) electrons. The van der Waals surface area contributed by atoms with E-state index in [4.69, 9.17) is 9.47 Å². The Morgan fingerprint density at radius 2 is 1.71 bits per heavy atom. The van der Waals surface area contributed by atoms with E-state index in [-0.39, 0.29) is 37.5 Å². The van der Waals surface area contributed by atoms with E-state index in [0.29, 0.717) is 19.4 Å². The normalized spacial score (nSPS) is 21.9. The van der Waals surface area contributed by atoms with Crippen molar-refractivity contribution in [2.45, 2.75) is 37.6 Å². The van der Waals surface area contributed by atoms with E-state index in [2.05, 4.69) is 34.9 Å². The van der Waals surface area contributed by atoms with Crippen molar-refractivity contribution in [2.24, 2.45) is 11.3 Å². The highest BCUT2D eigenvalue weighted by atomic mass is 16.5. The largest absolute Gasteiger partial charge is 0.481 e. The molecule has 184 valence electrons. The van der Waals surface area contributed by atoms with Gasteiger partial charge in [0, 0.05) is 19.1 Å². The topological polar surface area (TPSA) is 114 Å². The number of carboxylic acids is 1. The van der Waals surface area contributed by atoms with Crippen LogP contribution >= 0.6 is 0 Å². The zero-order valence-corrected chi connectivity index (χ0v) is 19.5. The molecule has 2 aromatic rings. The average molecular weight is 479 g/mol. The highest BCUT2D eigenvalue weighted by Crippen LogP contribution is 2.44. The lowest BCUT2D eigenvalue weighted by molar-refractivity contribution is -0.157. The SMILES string of the molecule is O=C(NC(C(=O)NCC1(C(=O)O)CCCOC1)C1CC1)OCC1c2ccccc2-c2ccccc21. The molecule has 2 aliphatic carbocycles. The van der Waals surface area contributed by atoms with Gasteiger partial charge in [0.2, 0.25) is 5.91 Å². The maximum Gasteiger partial charge on any atom is 0.407 e. The number of carbonyl (C=O) groups excluding carboxylic acids is 2. The number of carbonyl (C=O) groups is 3. The summed E-state index contributed by atoms with van der Waals surface area (Å²) in [6, 6.07) is 15.5. The minimum absolute atomic E-state index is 0.0267. The molecule has 2 atom stereocenters. The molecule has 2 amide bonds. The summed E-state index contributed by atoms with van der Waals surface area (Å²) in [7, 11) is 0. The average Bonchev–Trinajstić information content (AvgIpc) is 3.67. The van der Waals surface area contributed by atoms with Crippen molar-refractivity contribution in [3.05, 3.63) is 59.7 Å². The van der Waals surface area contributed by atoms with Crippen LogP contribution in [0.3, 0.4) is 0 Å². The summed E-state index contributed by atoms with van der Waals surface area (Å²) in [5, 5.41) is 15.2. The third-order valence-electron chi connectivity index (χ3n) is 7.37. The molecule has 8 nitrogen and oxygen atoms in total. The van der Waals surface area contributed by atoms with Crippen LogP contribution in [0.4, 0.5) is 4.79 Å². The Bertz CT molecular complexity index is 1080. The lowest BCUT2D eigenvalue weighted by Gasteiger charge is -2.33. The second-order valence-electron chi connectivity index (χ2n) is 9.74. The van der Waals surface area contributed by atoms with Gasteiger partial charge in [-0.15, -0.1) is 0 Å². The summed E-state index contributed by atoms with van der Waals surface area (Å²) >= 11 is 0. The molecule has 1 saturated carbocycles. The second kappa shape index (κ2) is 9.70. The van der Waals surface area contributed by atoms with E-state index < -0.39 is 23.5 Å². The molecule has 1 saturated heterocycles. The number of rotatable bonds is 8. The third-order valence-corrected chi connectivity index (χ3v) is 7.37. The van der Waals surface area contributed by atoms with Crippen molar-refractivity contribution >= 4 is 18.0 Å². The predicted molar refractivity (Wildman–Crippen MR) is 128 cm³/mol. The van der Waals surface area contributed by atoms with E-state index in [0.717, 1.165) is 35.1 Å². The number of alkyl carbamates (subject to hydrolysis) is 1. The van der Waals surface area contributed by atoms with Gasteiger partial charge in [0.15, 0.2) is 0 Å². The number of hydrogen-bond donors (Lipinski definition) is 3. The van der Waals surface area contributed by atoms with Crippen LogP contribution in [0.25, 0.3) is 11.1 Å². The summed E-state index contributed by atoms with van der Waals surface area (Å²) in [4.78, 5) is 37.5. The van der Waals surface area contributed by atoms with Crippen LogP contribution in [0.15, 0.2) is 48.5 Å². The van der Waals surface area contributed by atoms with Crippen LogP contribution in [-0.2, 0) is 19.1 Å². The first kappa shape index (κ1) is 23.4. The van der Waals surface area contributed by atoms with Gasteiger partial charge in [0.25, 0.3) is 0 Å². The molecule has 0 aromatic heterocycles. The Morgan fingerprint density at radius 1 is 1.06 bits per heavy atom. The first-order valence-electron chi connectivity index (χ1n) is 12.2. The van der Waals surface area contributed by atoms with Crippen molar-refractivity contribution in [3.8, 4) is 11.1 Å². The summed E-state index contributed by atoms with van der Waals surface area (Å²) in [6.07, 6.45) is 2.08. The van der Waals surface area contributed by atoms with E-state index in [1.54, 1.807) is 0 Å². The third kappa shape index (κ3) is 4.75. The Morgan fingerprint density at radius 3 is 2.29 bits per heavy atom. The van der Waals surface area contributed by atoms with Crippen molar-refractivity contribution in [3.63, 3.8) is 0 Å². The minimum atomic E-state index is -1.13. The predicted octanol–water partition coefficient (Wildman–Crippen LogP) is 3.30. The molecule has 5 rings (SSSR count). The van der Waals surface area contributed by atoms with E-state index in [9.17, 15) is 19.5 Å². The standard InChI is InChI=1S/C27H30N2O6/c30-24(28-15-27(25(31)32)12-5-13-34-16-27)23(17-10-11-17)29-26(33)35-14-22-20-8-3-1-6-18(20)19-7-2-4-9-21(19)22/h1-4,6-9,17,22-23H,5,10-16H2,(H,28,30)(H,29,33)(H,31,32). The summed E-state index contributed by atoms with van der Waals surface area (Å²) < 4.78 is 11.0. The van der Waals surface area contributed by atoms with E-state index >= 15 is 0 Å². The van der Waals surface area contributed by atoms with Crippen molar-refractivity contribution in [2.75, 3.05) is 26.4 Å². The zero-order valence-electron chi connectivity index (χ0n) is 19.5. The quantitative estimate of drug-likeness (QED) is 0.537. The number of benzene rings is 2. The lowest BCUT2D eigenvalue weighted by atomic mass is 9.82. The van der Waals surface area contributed by atoms with Gasteiger partial charge in [-0.3, -0.25) is 9.59 Å². The first-order chi connectivity index (χ1) is 17.0. The summed E-state index contributed by atoms with van der Waals surface area (Å²) in [5.41, 5.74) is 3.39. The zero-order chi connectivity index (χ0) is 24.4. The number of carboxylic acid groups (broad SMARTS) is 1. The molecular weight excluding hydrogens is 448 g/mol. The molecule has 2 fully saturated rings. The van der Waals surface area contributed by atoms with Gasteiger partial charge in [-0.1, -0.05) is 48.5 Å². The molecule has 35 heavy (non-hydrogen) atoms. The Kier molecular flexibility index (Phi) is 6.47. The number of hydrogen-bond acceptors (Lipinski definition) is 5. The van der Waals surface area contributed by atoms with Gasteiger partial charge in [-0.2, -0.15) is 0 Å². The van der Waals surface area contributed by atoms with E-state index in [1.807, 2.05) is 24.3 Å². The monoisotopic (exact) mass is 478 g/mol. The maximum absolute atomic E-state index is 12.9. The molecule has 1 heterocycles. The fourth-order valence-corrected chi connectivity index (χ4v) is 5.20. The number of amides is 2. The molecule has 0 bridgehead atoms. The maximum atomic E-state index is 12.9. The molecule has 2 unspecified atom stereocenters. The van der Waals surface area contributed by atoms with Crippen molar-refractivity contribution in [1.82, 2.24) is 10.6 Å². The van der Waals surface area contributed by atoms with Gasteiger partial charge >= 0.3 is 12.1 Å². The van der Waals surface area contributed by atoms with Gasteiger partial charge in [0.1, 0.15) is 18.1 Å². The van der Waals surface area contributed by atoms with Gasteiger partial charge < -0.3 is 25.2 Å². The molecular formula is C27H30N2O6. The summed E-state index contributed by atoms with van der Waals surface area (Å²) in [6.45, 7) is 0.725. The molecule has 8 heteroatoms. The van der Waals surface area contributed by atoms with Crippen LogP contribution in [0.1, 0.15) is 42.7 Å². The second-order valence-corrected chi connectivity index (χ2v) is 9.74. The first-order valence-corrected chi connectivity index (χ1v) is 12.2. The van der Waals surface area contributed by atoms with E-state index in [1.165, 1.54) is 0 Å². The van der Waals surface area contributed by atoms with Gasteiger partial charge in [0.05, 0.1) is 6.61 Å². The number of aliphatic carboxylic acids is 1. The Labute approximate surface area is 204 Å². The minimum Gasteiger partial charge on any atom is -0.481 e. The number of fused-ring (bicyclic) bond motifs is 3. The van der Waals surface area contributed by atoms with Crippen LogP contribution in [0.2, 0.25) is 0 Å². The lowest BCUT2D eigenvalue weighted by Crippen LogP contribution is -2.53. The Balaban J connectivity index is 1.20. The molecule has 1 aliphatic heterocycles. The molecule has 3 aliphatic rings. The number of nitrogens with one attached hydrogen (secondary N) is 2. The highest BCUT2D eigenvalue weighted by Gasteiger charge is 2.43. The van der Waals surface area contributed by atoms with Crippen LogP contribution in [-0.4, -0.2) is 55.5 Å². The van der Waals surface area contributed by atoms with Crippen molar-refractivity contribution < 1.29 is 29.0 Å². The fraction of sp³-hybridized carbons (Fsp3) is 0.444. The molecule has 0 spiro atoms. The van der Waals surface area contributed by atoms with Crippen molar-refractivity contribution in [1.29, 1.82) is 0 Å². The fourth-order valence-electron chi connectivity index (χ4n) is 5.20. The smallest absolute Gasteiger partial charge is 0.407 e. The van der Waals surface area contributed by atoms with Crippen LogP contribution in [0, 0.1) is 11.3 Å². The van der Waals surface area contributed by atoms with Crippen LogP contribution < -0.4 is 10.6 Å².